The van der Waals surface area contributed by atoms with Gasteiger partial charge in [0.05, 0.1) is 12.1 Å². The molecule has 3 rings (SSSR count). The average Bonchev–Trinajstić information content (AvgIpc) is 2.87. The Morgan fingerprint density at radius 2 is 2.21 bits per heavy atom. The molecule has 0 amide bonds. The number of rotatable bonds is 3. The van der Waals surface area contributed by atoms with Crippen LogP contribution in [0.3, 0.4) is 0 Å². The number of nitrogens with zero attached hydrogens (tertiary/aromatic N) is 1. The van der Waals surface area contributed by atoms with E-state index < -0.39 is 0 Å². The molecule has 2 heterocycles. The lowest BCUT2D eigenvalue weighted by atomic mass is 10.1. The Morgan fingerprint density at radius 1 is 1.32 bits per heavy atom. The lowest BCUT2D eigenvalue weighted by Gasteiger charge is -2.20. The first-order valence-electron chi connectivity index (χ1n) is 6.33. The predicted molar refractivity (Wildman–Crippen MR) is 80.5 cm³/mol. The second-order valence-corrected chi connectivity index (χ2v) is 5.53. The maximum absolute atomic E-state index is 5.47. The van der Waals surface area contributed by atoms with Crippen LogP contribution in [0.15, 0.2) is 34.9 Å². The van der Waals surface area contributed by atoms with Crippen LogP contribution in [0.1, 0.15) is 0 Å². The van der Waals surface area contributed by atoms with Gasteiger partial charge in [-0.25, -0.2) is 4.98 Å². The van der Waals surface area contributed by atoms with Gasteiger partial charge in [-0.15, -0.1) is 0 Å². The minimum absolute atomic E-state index is 0.184. The fourth-order valence-electron chi connectivity index (χ4n) is 2.51. The van der Waals surface area contributed by atoms with Gasteiger partial charge in [-0.3, -0.25) is 0 Å². The monoisotopic (exact) mass is 321 g/mol. The van der Waals surface area contributed by atoms with Crippen LogP contribution in [-0.4, -0.2) is 37.3 Å². The summed E-state index contributed by atoms with van der Waals surface area (Å²) in [5.41, 5.74) is 0. The van der Waals surface area contributed by atoms with Crippen LogP contribution < -0.4 is 10.6 Å². The Kier molecular flexibility index (Phi) is 3.68. The molecule has 0 spiro atoms. The maximum Gasteiger partial charge on any atom is 0.134 e. The smallest absolute Gasteiger partial charge is 0.134 e. The molecule has 2 N–H and O–H groups in total. The van der Waals surface area contributed by atoms with Crippen molar-refractivity contribution in [2.75, 3.05) is 25.5 Å². The summed E-state index contributed by atoms with van der Waals surface area (Å²) in [4.78, 5) is 4.46. The number of halogens is 1. The van der Waals surface area contributed by atoms with Crippen molar-refractivity contribution < 1.29 is 4.74 Å². The summed E-state index contributed by atoms with van der Waals surface area (Å²) in [5, 5.41) is 9.11. The molecular formula is C14H16BrN3O. The largest absolute Gasteiger partial charge is 0.378 e. The molecule has 1 aromatic carbocycles. The Morgan fingerprint density at radius 3 is 3.05 bits per heavy atom. The van der Waals surface area contributed by atoms with Gasteiger partial charge in [0.15, 0.2) is 0 Å². The second-order valence-electron chi connectivity index (χ2n) is 4.68. The lowest BCUT2D eigenvalue weighted by Crippen LogP contribution is -2.33. The number of aromatic nitrogens is 1. The van der Waals surface area contributed by atoms with E-state index in [9.17, 15) is 0 Å². The standard InChI is InChI=1S/C14H16BrN3O/c1-19-13-8-16-7-12(13)18-14-10-3-2-4-11(15)9(10)5-6-17-14/h2-6,12-13,16H,7-8H2,1H3,(H,17,18)/t12?,13-/m0/s1. The Bertz CT molecular complexity index is 590. The third-order valence-corrected chi connectivity index (χ3v) is 4.23. The highest BCUT2D eigenvalue weighted by Gasteiger charge is 2.27. The number of pyridine rings is 1. The maximum atomic E-state index is 5.47. The molecule has 2 atom stereocenters. The van der Waals surface area contributed by atoms with Crippen LogP contribution in [0, 0.1) is 0 Å². The van der Waals surface area contributed by atoms with Crippen LogP contribution in [0.5, 0.6) is 0 Å². The molecule has 100 valence electrons. The van der Waals surface area contributed by atoms with E-state index in [1.807, 2.05) is 24.4 Å². The van der Waals surface area contributed by atoms with Gasteiger partial charge in [0.2, 0.25) is 0 Å². The zero-order valence-electron chi connectivity index (χ0n) is 10.7. The first-order chi connectivity index (χ1) is 9.29. The molecule has 0 radical (unpaired) electrons. The van der Waals surface area contributed by atoms with Crippen LogP contribution in [0.4, 0.5) is 5.82 Å². The molecule has 0 bridgehead atoms. The third kappa shape index (κ3) is 2.45. The van der Waals surface area contributed by atoms with Crippen molar-refractivity contribution in [2.24, 2.45) is 0 Å². The van der Waals surface area contributed by atoms with Gasteiger partial charge in [0, 0.05) is 41.6 Å². The Hall–Kier alpha value is -1.17. The number of hydrogen-bond acceptors (Lipinski definition) is 4. The summed E-state index contributed by atoms with van der Waals surface area (Å²) in [6.45, 7) is 1.77. The fraction of sp³-hybridized carbons (Fsp3) is 0.357. The fourth-order valence-corrected chi connectivity index (χ4v) is 3.00. The van der Waals surface area contributed by atoms with Gasteiger partial charge in [0.25, 0.3) is 0 Å². The second kappa shape index (κ2) is 5.45. The van der Waals surface area contributed by atoms with Gasteiger partial charge in [-0.05, 0) is 12.1 Å². The molecule has 0 saturated carbocycles. The Labute approximate surface area is 120 Å². The molecule has 1 aliphatic rings. The molecule has 1 unspecified atom stereocenters. The minimum atomic E-state index is 0.184. The van der Waals surface area contributed by atoms with E-state index in [2.05, 4.69) is 37.6 Å². The molecule has 2 aromatic rings. The van der Waals surface area contributed by atoms with Crippen LogP contribution >= 0.6 is 15.9 Å². The summed E-state index contributed by atoms with van der Waals surface area (Å²) in [5.74, 6) is 0.912. The summed E-state index contributed by atoms with van der Waals surface area (Å²) >= 11 is 3.58. The van der Waals surface area contributed by atoms with E-state index in [0.717, 1.165) is 28.8 Å². The van der Waals surface area contributed by atoms with E-state index in [1.54, 1.807) is 7.11 Å². The average molecular weight is 322 g/mol. The zero-order chi connectivity index (χ0) is 13.2. The minimum Gasteiger partial charge on any atom is -0.378 e. The molecule has 1 aromatic heterocycles. The van der Waals surface area contributed by atoms with Crippen LogP contribution in [0.2, 0.25) is 0 Å². The molecule has 1 saturated heterocycles. The van der Waals surface area contributed by atoms with E-state index in [1.165, 1.54) is 5.39 Å². The van der Waals surface area contributed by atoms with Gasteiger partial charge in [-0.1, -0.05) is 28.1 Å². The summed E-state index contributed by atoms with van der Waals surface area (Å²) in [6.07, 6.45) is 2.02. The van der Waals surface area contributed by atoms with Gasteiger partial charge < -0.3 is 15.4 Å². The molecule has 1 aliphatic heterocycles. The van der Waals surface area contributed by atoms with Crippen molar-refractivity contribution in [3.8, 4) is 0 Å². The highest BCUT2D eigenvalue weighted by molar-refractivity contribution is 9.10. The number of benzene rings is 1. The number of fused-ring (bicyclic) bond motifs is 1. The van der Waals surface area contributed by atoms with Gasteiger partial charge in [-0.2, -0.15) is 0 Å². The Balaban J connectivity index is 1.95. The molecule has 5 heteroatoms. The van der Waals surface area contributed by atoms with E-state index >= 15 is 0 Å². The van der Waals surface area contributed by atoms with Crippen molar-refractivity contribution in [2.45, 2.75) is 12.1 Å². The van der Waals surface area contributed by atoms with Crippen molar-refractivity contribution in [3.05, 3.63) is 34.9 Å². The molecule has 1 fully saturated rings. The summed E-state index contributed by atoms with van der Waals surface area (Å²) in [6, 6.07) is 8.42. The number of methoxy groups -OCH3 is 1. The van der Waals surface area contributed by atoms with Crippen molar-refractivity contribution >= 4 is 32.5 Å². The summed E-state index contributed by atoms with van der Waals surface area (Å²) < 4.78 is 6.56. The highest BCUT2D eigenvalue weighted by atomic mass is 79.9. The highest BCUT2D eigenvalue weighted by Crippen LogP contribution is 2.28. The van der Waals surface area contributed by atoms with E-state index in [-0.39, 0.29) is 12.1 Å². The topological polar surface area (TPSA) is 46.2 Å². The van der Waals surface area contributed by atoms with Gasteiger partial charge in [0.1, 0.15) is 5.82 Å². The first-order valence-corrected chi connectivity index (χ1v) is 7.12. The number of anilines is 1. The normalized spacial score (nSPS) is 22.8. The van der Waals surface area contributed by atoms with E-state index in [0.29, 0.717) is 0 Å². The van der Waals surface area contributed by atoms with Crippen LogP contribution in [0.25, 0.3) is 10.8 Å². The number of hydrogen-bond donors (Lipinski definition) is 2. The van der Waals surface area contributed by atoms with Crippen molar-refractivity contribution in [1.82, 2.24) is 10.3 Å². The van der Waals surface area contributed by atoms with E-state index in [4.69, 9.17) is 4.74 Å². The summed E-state index contributed by atoms with van der Waals surface area (Å²) in [7, 11) is 1.75. The molecular weight excluding hydrogens is 306 g/mol. The predicted octanol–water partition coefficient (Wildman–Crippen LogP) is 2.40. The molecule has 4 nitrogen and oxygen atoms in total. The zero-order valence-corrected chi connectivity index (χ0v) is 12.3. The van der Waals surface area contributed by atoms with Crippen LogP contribution in [-0.2, 0) is 4.74 Å². The number of nitrogens with one attached hydrogen (secondary N) is 2. The molecule has 0 aliphatic carbocycles. The van der Waals surface area contributed by atoms with Crippen molar-refractivity contribution in [1.29, 1.82) is 0 Å². The van der Waals surface area contributed by atoms with Gasteiger partial charge >= 0.3 is 0 Å². The van der Waals surface area contributed by atoms with Crippen molar-refractivity contribution in [3.63, 3.8) is 0 Å². The lowest BCUT2D eigenvalue weighted by molar-refractivity contribution is 0.111. The number of ether oxygens (including phenoxy) is 1. The third-order valence-electron chi connectivity index (χ3n) is 3.54. The quantitative estimate of drug-likeness (QED) is 0.911. The first kappa shape index (κ1) is 12.8. The SMILES string of the molecule is CO[C@H]1CNCC1Nc1nccc2c(Br)cccc12. The molecule has 19 heavy (non-hydrogen) atoms.